The van der Waals surface area contributed by atoms with Gasteiger partial charge in [-0.15, -0.1) is 0 Å². The number of anilines is 1. The number of rotatable bonds is 5. The summed E-state index contributed by atoms with van der Waals surface area (Å²) in [4.78, 5) is 8.40. The second kappa shape index (κ2) is 6.38. The third-order valence-corrected chi connectivity index (χ3v) is 2.95. The van der Waals surface area contributed by atoms with Gasteiger partial charge >= 0.3 is 0 Å². The molecule has 2 N–H and O–H groups in total. The van der Waals surface area contributed by atoms with Crippen LogP contribution in [-0.4, -0.2) is 22.8 Å². The van der Waals surface area contributed by atoms with Crippen molar-refractivity contribution in [2.24, 2.45) is 0 Å². The highest BCUT2D eigenvalue weighted by molar-refractivity contribution is 7.98. The maximum atomic E-state index is 12.7. The lowest BCUT2D eigenvalue weighted by Gasteiger charge is -2.07. The van der Waals surface area contributed by atoms with Crippen molar-refractivity contribution < 1.29 is 9.13 Å². The summed E-state index contributed by atoms with van der Waals surface area (Å²) in [7, 11) is 0. The SMILES string of the molecule is CSc1nc(N)cc(CCOc2ccc(F)cc2)n1. The van der Waals surface area contributed by atoms with Crippen molar-refractivity contribution >= 4 is 17.6 Å². The predicted molar refractivity (Wildman–Crippen MR) is 73.8 cm³/mol. The molecule has 0 saturated carbocycles. The highest BCUT2D eigenvalue weighted by Gasteiger charge is 2.02. The smallest absolute Gasteiger partial charge is 0.189 e. The minimum atomic E-state index is -0.277. The van der Waals surface area contributed by atoms with Gasteiger partial charge in [0, 0.05) is 12.5 Å². The molecule has 100 valence electrons. The molecule has 2 rings (SSSR count). The van der Waals surface area contributed by atoms with Crippen molar-refractivity contribution in [3.63, 3.8) is 0 Å². The number of hydrogen-bond acceptors (Lipinski definition) is 5. The molecule has 1 aromatic carbocycles. The fourth-order valence-electron chi connectivity index (χ4n) is 1.52. The molecule has 0 saturated heterocycles. The third-order valence-electron chi connectivity index (χ3n) is 2.40. The Hall–Kier alpha value is -1.82. The van der Waals surface area contributed by atoms with Crippen LogP contribution in [0.2, 0.25) is 0 Å². The Bertz CT molecular complexity index is 548. The van der Waals surface area contributed by atoms with Gasteiger partial charge in [-0.2, -0.15) is 0 Å². The number of halogens is 1. The first-order valence-electron chi connectivity index (χ1n) is 5.73. The van der Waals surface area contributed by atoms with E-state index < -0.39 is 0 Å². The zero-order valence-corrected chi connectivity index (χ0v) is 11.3. The van der Waals surface area contributed by atoms with Gasteiger partial charge in [-0.25, -0.2) is 14.4 Å². The molecule has 0 spiro atoms. The molecule has 19 heavy (non-hydrogen) atoms. The fourth-order valence-corrected chi connectivity index (χ4v) is 1.92. The van der Waals surface area contributed by atoms with E-state index in [2.05, 4.69) is 9.97 Å². The Morgan fingerprint density at radius 1 is 1.26 bits per heavy atom. The van der Waals surface area contributed by atoms with E-state index in [1.54, 1.807) is 18.2 Å². The van der Waals surface area contributed by atoms with Crippen LogP contribution in [0.4, 0.5) is 10.2 Å². The van der Waals surface area contributed by atoms with Gasteiger partial charge in [0.15, 0.2) is 5.16 Å². The second-order valence-corrected chi connectivity index (χ2v) is 4.60. The number of aromatic nitrogens is 2. The monoisotopic (exact) mass is 279 g/mol. The number of nitrogens with two attached hydrogens (primary N) is 1. The van der Waals surface area contributed by atoms with E-state index >= 15 is 0 Å². The molecular formula is C13H14FN3OS. The van der Waals surface area contributed by atoms with Crippen LogP contribution >= 0.6 is 11.8 Å². The van der Waals surface area contributed by atoms with E-state index in [0.29, 0.717) is 29.8 Å². The summed E-state index contributed by atoms with van der Waals surface area (Å²) in [6.45, 7) is 0.454. The van der Waals surface area contributed by atoms with Gasteiger partial charge in [0.2, 0.25) is 0 Å². The number of thioether (sulfide) groups is 1. The van der Waals surface area contributed by atoms with Gasteiger partial charge in [-0.1, -0.05) is 11.8 Å². The van der Waals surface area contributed by atoms with Crippen LogP contribution in [0.15, 0.2) is 35.5 Å². The van der Waals surface area contributed by atoms with Gasteiger partial charge in [0.25, 0.3) is 0 Å². The number of ether oxygens (including phenoxy) is 1. The first-order chi connectivity index (χ1) is 9.17. The molecule has 4 nitrogen and oxygen atoms in total. The summed E-state index contributed by atoms with van der Waals surface area (Å²) < 4.78 is 18.2. The molecule has 1 aromatic heterocycles. The molecule has 6 heteroatoms. The topological polar surface area (TPSA) is 61.0 Å². The molecule has 0 atom stereocenters. The largest absolute Gasteiger partial charge is 0.493 e. The zero-order valence-electron chi connectivity index (χ0n) is 10.5. The number of benzene rings is 1. The molecule has 0 bridgehead atoms. The molecule has 0 aliphatic rings. The maximum Gasteiger partial charge on any atom is 0.189 e. The lowest BCUT2D eigenvalue weighted by Crippen LogP contribution is -2.05. The number of nitrogen functional groups attached to an aromatic ring is 1. The maximum absolute atomic E-state index is 12.7. The average molecular weight is 279 g/mol. The summed E-state index contributed by atoms with van der Waals surface area (Å²) in [6, 6.07) is 7.65. The van der Waals surface area contributed by atoms with Crippen molar-refractivity contribution in [1.29, 1.82) is 0 Å². The van der Waals surface area contributed by atoms with Crippen molar-refractivity contribution in [1.82, 2.24) is 9.97 Å². The third kappa shape index (κ3) is 4.10. The van der Waals surface area contributed by atoms with Gasteiger partial charge in [0.1, 0.15) is 17.4 Å². The Labute approximate surface area is 115 Å². The van der Waals surface area contributed by atoms with Crippen LogP contribution in [0, 0.1) is 5.82 Å². The molecule has 0 radical (unpaired) electrons. The molecule has 0 aliphatic carbocycles. The predicted octanol–water partition coefficient (Wildman–Crippen LogP) is 2.54. The Morgan fingerprint density at radius 2 is 2.00 bits per heavy atom. The van der Waals surface area contributed by atoms with E-state index in [9.17, 15) is 4.39 Å². The molecule has 0 unspecified atom stereocenters. The Morgan fingerprint density at radius 3 is 2.68 bits per heavy atom. The van der Waals surface area contributed by atoms with E-state index in [1.165, 1.54) is 23.9 Å². The van der Waals surface area contributed by atoms with Gasteiger partial charge in [-0.3, -0.25) is 0 Å². The molecule has 0 aliphatic heterocycles. The van der Waals surface area contributed by atoms with Crippen LogP contribution in [0.25, 0.3) is 0 Å². The minimum absolute atomic E-state index is 0.277. The Kier molecular flexibility index (Phi) is 4.57. The van der Waals surface area contributed by atoms with Gasteiger partial charge in [-0.05, 0) is 30.5 Å². The van der Waals surface area contributed by atoms with Crippen molar-refractivity contribution in [3.05, 3.63) is 41.8 Å². The van der Waals surface area contributed by atoms with Crippen LogP contribution in [0.3, 0.4) is 0 Å². The summed E-state index contributed by atoms with van der Waals surface area (Å²) in [5, 5.41) is 0.650. The van der Waals surface area contributed by atoms with Gasteiger partial charge < -0.3 is 10.5 Å². The Balaban J connectivity index is 1.92. The second-order valence-electron chi connectivity index (χ2n) is 3.82. The molecule has 2 aromatic rings. The molecule has 1 heterocycles. The van der Waals surface area contributed by atoms with E-state index in [1.807, 2.05) is 6.26 Å². The van der Waals surface area contributed by atoms with Crippen LogP contribution in [0.5, 0.6) is 5.75 Å². The minimum Gasteiger partial charge on any atom is -0.493 e. The summed E-state index contributed by atoms with van der Waals surface area (Å²) >= 11 is 1.44. The fraction of sp³-hybridized carbons (Fsp3) is 0.231. The lowest BCUT2D eigenvalue weighted by atomic mass is 10.3. The van der Waals surface area contributed by atoms with Crippen LogP contribution in [-0.2, 0) is 6.42 Å². The summed E-state index contributed by atoms with van der Waals surface area (Å²) in [5.74, 6) is 0.810. The van der Waals surface area contributed by atoms with Gasteiger partial charge in [0.05, 0.1) is 12.3 Å². The summed E-state index contributed by atoms with van der Waals surface area (Å²) in [5.41, 5.74) is 6.52. The molecular weight excluding hydrogens is 265 g/mol. The zero-order chi connectivity index (χ0) is 13.7. The first kappa shape index (κ1) is 13.6. The van der Waals surface area contributed by atoms with Crippen molar-refractivity contribution in [2.45, 2.75) is 11.6 Å². The number of nitrogens with zero attached hydrogens (tertiary/aromatic N) is 2. The average Bonchev–Trinajstić information content (AvgIpc) is 2.40. The van der Waals surface area contributed by atoms with Crippen molar-refractivity contribution in [3.8, 4) is 5.75 Å². The van der Waals surface area contributed by atoms with E-state index in [4.69, 9.17) is 10.5 Å². The van der Waals surface area contributed by atoms with Crippen LogP contribution < -0.4 is 10.5 Å². The standard InChI is InChI=1S/C13H14FN3OS/c1-19-13-16-10(8-12(15)17-13)6-7-18-11-4-2-9(14)3-5-11/h2-5,8H,6-7H2,1H3,(H2,15,16,17). The highest BCUT2D eigenvalue weighted by Crippen LogP contribution is 2.14. The van der Waals surface area contributed by atoms with Crippen molar-refractivity contribution in [2.75, 3.05) is 18.6 Å². The van der Waals surface area contributed by atoms with E-state index in [0.717, 1.165) is 5.69 Å². The van der Waals surface area contributed by atoms with Crippen LogP contribution in [0.1, 0.15) is 5.69 Å². The molecule has 0 fully saturated rings. The summed E-state index contributed by atoms with van der Waals surface area (Å²) in [6.07, 6.45) is 2.52. The highest BCUT2D eigenvalue weighted by atomic mass is 32.2. The normalized spacial score (nSPS) is 10.4. The quantitative estimate of drug-likeness (QED) is 0.673. The number of hydrogen-bond donors (Lipinski definition) is 1. The molecule has 0 amide bonds. The lowest BCUT2D eigenvalue weighted by molar-refractivity contribution is 0.319. The van der Waals surface area contributed by atoms with E-state index in [-0.39, 0.29) is 5.82 Å². The first-order valence-corrected chi connectivity index (χ1v) is 6.95.